The SMILES string of the molecule is COc1cc2nn([C@H]3CC[C@H](CN(C)C4CCN(c5c(F)ccc6c5n(C)c(=O)n6C5CCC(=O)NC5=O)CC4)CC3)cc2cc1NC(=O)c1cccc(C(F)(F)F)n1. The van der Waals surface area contributed by atoms with Gasteiger partial charge in [0.1, 0.15) is 29.0 Å². The number of hydrogen-bond donors (Lipinski definition) is 2. The van der Waals surface area contributed by atoms with E-state index in [0.717, 1.165) is 62.6 Å². The maximum atomic E-state index is 15.6. The van der Waals surface area contributed by atoms with Gasteiger partial charge in [-0.05, 0) is 88.2 Å². The Balaban J connectivity index is 0.876. The van der Waals surface area contributed by atoms with Crippen molar-refractivity contribution in [3.05, 3.63) is 76.4 Å². The molecule has 5 heterocycles. The van der Waals surface area contributed by atoms with Crippen molar-refractivity contribution in [3.8, 4) is 5.75 Å². The average molecular weight is 820 g/mol. The molecule has 18 heteroatoms. The number of nitrogens with zero attached hydrogens (tertiary/aromatic N) is 7. The average Bonchev–Trinajstić information content (AvgIpc) is 3.74. The van der Waals surface area contributed by atoms with Crippen molar-refractivity contribution in [2.75, 3.05) is 44.0 Å². The molecule has 0 bridgehead atoms. The Labute approximate surface area is 336 Å². The van der Waals surface area contributed by atoms with Crippen LogP contribution in [0.3, 0.4) is 0 Å². The van der Waals surface area contributed by atoms with Crippen molar-refractivity contribution in [2.45, 2.75) is 75.7 Å². The first-order chi connectivity index (χ1) is 28.2. The van der Waals surface area contributed by atoms with E-state index in [9.17, 15) is 32.3 Å². The molecule has 1 saturated carbocycles. The van der Waals surface area contributed by atoms with E-state index in [2.05, 4.69) is 27.6 Å². The molecule has 2 aliphatic heterocycles. The van der Waals surface area contributed by atoms with Crippen LogP contribution in [0.5, 0.6) is 5.75 Å². The van der Waals surface area contributed by atoms with E-state index in [0.29, 0.717) is 53.0 Å². The summed E-state index contributed by atoms with van der Waals surface area (Å²) in [4.78, 5) is 58.7. The van der Waals surface area contributed by atoms with Gasteiger partial charge in [-0.15, -0.1) is 0 Å². The molecule has 3 amide bonds. The van der Waals surface area contributed by atoms with E-state index in [1.807, 2.05) is 15.8 Å². The maximum absolute atomic E-state index is 15.6. The minimum Gasteiger partial charge on any atom is -0.494 e. The molecule has 3 aromatic heterocycles. The summed E-state index contributed by atoms with van der Waals surface area (Å²) in [6, 6.07) is 9.06. The summed E-state index contributed by atoms with van der Waals surface area (Å²) in [7, 11) is 5.17. The molecule has 1 unspecified atom stereocenters. The normalized spacial score (nSPS) is 20.7. The Hall–Kier alpha value is -5.78. The van der Waals surface area contributed by atoms with Crippen molar-refractivity contribution < 1.29 is 36.7 Å². The van der Waals surface area contributed by atoms with Crippen LogP contribution >= 0.6 is 0 Å². The van der Waals surface area contributed by atoms with E-state index in [1.165, 1.54) is 34.4 Å². The number of aryl methyl sites for hydroxylation is 1. The van der Waals surface area contributed by atoms with Gasteiger partial charge in [0.05, 0.1) is 41.1 Å². The van der Waals surface area contributed by atoms with Crippen LogP contribution in [0.4, 0.5) is 28.9 Å². The Morgan fingerprint density at radius 3 is 2.46 bits per heavy atom. The van der Waals surface area contributed by atoms with E-state index >= 15 is 4.39 Å². The Morgan fingerprint density at radius 2 is 1.76 bits per heavy atom. The highest BCUT2D eigenvalue weighted by atomic mass is 19.4. The molecule has 5 aromatic rings. The number of pyridine rings is 1. The highest BCUT2D eigenvalue weighted by molar-refractivity contribution is 6.05. The fraction of sp³-hybridized carbons (Fsp3) is 0.463. The zero-order valence-corrected chi connectivity index (χ0v) is 32.9. The molecular weight excluding hydrogens is 775 g/mol. The topological polar surface area (TPSA) is 149 Å². The third-order valence-corrected chi connectivity index (χ3v) is 12.2. The number of aromatic nitrogens is 5. The lowest BCUT2D eigenvalue weighted by atomic mass is 9.85. The number of halogens is 4. The van der Waals surface area contributed by atoms with Gasteiger partial charge >= 0.3 is 11.9 Å². The second-order valence-electron chi connectivity index (χ2n) is 15.9. The smallest absolute Gasteiger partial charge is 0.433 e. The first-order valence-corrected chi connectivity index (χ1v) is 19.8. The second kappa shape index (κ2) is 15.8. The van der Waals surface area contributed by atoms with Gasteiger partial charge in [-0.25, -0.2) is 14.2 Å². The quantitative estimate of drug-likeness (QED) is 0.139. The van der Waals surface area contributed by atoms with Gasteiger partial charge in [0.15, 0.2) is 0 Å². The summed E-state index contributed by atoms with van der Waals surface area (Å²) in [5.41, 5.74) is 0.247. The van der Waals surface area contributed by atoms with E-state index in [1.54, 1.807) is 19.2 Å². The number of fused-ring (bicyclic) bond motifs is 2. The van der Waals surface area contributed by atoms with Crippen LogP contribution in [-0.4, -0.2) is 86.4 Å². The molecular formula is C41H45F4N9O5. The zero-order valence-electron chi connectivity index (χ0n) is 32.9. The Morgan fingerprint density at radius 1 is 1.02 bits per heavy atom. The summed E-state index contributed by atoms with van der Waals surface area (Å²) in [5, 5.41) is 10.5. The molecule has 8 rings (SSSR count). The third-order valence-electron chi connectivity index (χ3n) is 12.2. The van der Waals surface area contributed by atoms with Crippen LogP contribution in [0, 0.1) is 11.7 Å². The molecule has 14 nitrogen and oxygen atoms in total. The lowest BCUT2D eigenvalue weighted by Gasteiger charge is -2.40. The van der Waals surface area contributed by atoms with Crippen LogP contribution in [0.15, 0.2) is 53.5 Å². The van der Waals surface area contributed by atoms with Crippen molar-refractivity contribution >= 4 is 51.0 Å². The number of rotatable bonds is 9. The van der Waals surface area contributed by atoms with Gasteiger partial charge in [-0.1, -0.05) is 6.07 Å². The number of alkyl halides is 3. The second-order valence-corrected chi connectivity index (χ2v) is 15.9. The molecule has 59 heavy (non-hydrogen) atoms. The highest BCUT2D eigenvalue weighted by Crippen LogP contribution is 2.38. The molecule has 3 aliphatic rings. The molecule has 2 aromatic carbocycles. The molecule has 2 saturated heterocycles. The lowest BCUT2D eigenvalue weighted by molar-refractivity contribution is -0.141. The predicted molar refractivity (Wildman–Crippen MR) is 211 cm³/mol. The number of nitrogens with one attached hydrogen (secondary N) is 2. The minimum atomic E-state index is -4.68. The number of imide groups is 1. The van der Waals surface area contributed by atoms with Gasteiger partial charge in [-0.2, -0.15) is 18.3 Å². The standard InChI is InChI=1S/C41H45F4N9O5/c1-50(25-15-17-52(18-16-25)36-27(42)11-12-31-37(36)51(2)40(58)54(31)32-13-14-35(55)48-39(32)57)21-23-7-9-26(10-8-23)53-22-24-19-30(33(59-3)20-29(24)49-53)47-38(56)28-5-4-6-34(46-28)41(43,44)45/h4-6,11-12,19-20,22-23,25-26,32H,7-10,13-18,21H2,1-3H3,(H,47,56)(H,48,55,57)/t23-,26-,32?. The van der Waals surface area contributed by atoms with E-state index < -0.39 is 41.2 Å². The number of hydrogen-bond acceptors (Lipinski definition) is 9. The molecule has 1 aliphatic carbocycles. The fourth-order valence-corrected chi connectivity index (χ4v) is 9.07. The van der Waals surface area contributed by atoms with Crippen molar-refractivity contribution in [2.24, 2.45) is 13.0 Å². The molecule has 0 radical (unpaired) electrons. The number of imidazole rings is 1. The third kappa shape index (κ3) is 7.77. The number of anilines is 2. The molecule has 312 valence electrons. The van der Waals surface area contributed by atoms with Crippen LogP contribution in [-0.2, 0) is 22.8 Å². The van der Waals surface area contributed by atoms with Gasteiger partial charge in [0.25, 0.3) is 5.91 Å². The lowest BCUT2D eigenvalue weighted by Crippen LogP contribution is -2.45. The molecule has 2 N–H and O–H groups in total. The Kier molecular flexibility index (Phi) is 10.7. The summed E-state index contributed by atoms with van der Waals surface area (Å²) >= 11 is 0. The number of ether oxygens (including phenoxy) is 1. The first kappa shape index (κ1) is 40.0. The van der Waals surface area contributed by atoms with Crippen molar-refractivity contribution in [1.82, 2.24) is 34.1 Å². The summed E-state index contributed by atoms with van der Waals surface area (Å²) < 4.78 is 65.4. The van der Waals surface area contributed by atoms with Crippen LogP contribution in [0.2, 0.25) is 0 Å². The summed E-state index contributed by atoms with van der Waals surface area (Å²) in [5.74, 6) is -1.33. The van der Waals surface area contributed by atoms with Gasteiger partial charge < -0.3 is 19.9 Å². The van der Waals surface area contributed by atoms with E-state index in [4.69, 9.17) is 9.84 Å². The number of carbonyl (C=O) groups excluding carboxylic acids is 3. The summed E-state index contributed by atoms with van der Waals surface area (Å²) in [6.07, 6.45) is 3.04. The van der Waals surface area contributed by atoms with E-state index in [-0.39, 0.29) is 36.2 Å². The number of piperidine rings is 2. The largest absolute Gasteiger partial charge is 0.494 e. The summed E-state index contributed by atoms with van der Waals surface area (Å²) in [6.45, 7) is 2.12. The molecule has 3 fully saturated rings. The maximum Gasteiger partial charge on any atom is 0.433 e. The number of carbonyl (C=O) groups is 3. The zero-order chi connectivity index (χ0) is 41.7. The van der Waals surface area contributed by atoms with Crippen LogP contribution in [0.25, 0.3) is 21.9 Å². The number of methoxy groups -OCH3 is 1. The van der Waals surface area contributed by atoms with Crippen LogP contribution in [0.1, 0.15) is 79.6 Å². The first-order valence-electron chi connectivity index (χ1n) is 19.8. The number of benzene rings is 2. The van der Waals surface area contributed by atoms with Crippen molar-refractivity contribution in [1.29, 1.82) is 0 Å². The monoisotopic (exact) mass is 819 g/mol. The van der Waals surface area contributed by atoms with Crippen molar-refractivity contribution in [3.63, 3.8) is 0 Å². The number of amides is 3. The predicted octanol–water partition coefficient (Wildman–Crippen LogP) is 5.81. The molecule has 1 atom stereocenters. The van der Waals surface area contributed by atoms with Crippen LogP contribution < -0.4 is 26.0 Å². The van der Waals surface area contributed by atoms with Gasteiger partial charge in [-0.3, -0.25) is 33.5 Å². The minimum absolute atomic E-state index is 0.122. The Bertz CT molecular complexity index is 2500. The van der Waals surface area contributed by atoms with Gasteiger partial charge in [0.2, 0.25) is 11.8 Å². The molecule has 0 spiro atoms. The highest BCUT2D eigenvalue weighted by Gasteiger charge is 2.35. The van der Waals surface area contributed by atoms with Gasteiger partial charge in [0, 0.05) is 56.8 Å². The fourth-order valence-electron chi connectivity index (χ4n) is 9.07.